The van der Waals surface area contributed by atoms with Crippen LogP contribution in [0.25, 0.3) is 0 Å². The van der Waals surface area contributed by atoms with Crippen molar-refractivity contribution < 1.29 is 0 Å². The average Bonchev–Trinajstić information content (AvgIpc) is 2.85. The van der Waals surface area contributed by atoms with Gasteiger partial charge in [-0.25, -0.2) is 0 Å². The summed E-state index contributed by atoms with van der Waals surface area (Å²) in [4.78, 5) is 12.3. The summed E-state index contributed by atoms with van der Waals surface area (Å²) in [6, 6.07) is 3.84. The van der Waals surface area contributed by atoms with Gasteiger partial charge in [0, 0.05) is 12.2 Å². The zero-order valence-corrected chi connectivity index (χ0v) is 11.2. The van der Waals surface area contributed by atoms with E-state index in [0.29, 0.717) is 11.5 Å². The van der Waals surface area contributed by atoms with Crippen molar-refractivity contribution in [2.75, 3.05) is 0 Å². The number of aromatic nitrogens is 1. The molecule has 0 spiro atoms. The van der Waals surface area contributed by atoms with Gasteiger partial charge >= 0.3 is 0 Å². The molecule has 1 heterocycles. The molecule has 3 nitrogen and oxygen atoms in total. The lowest BCUT2D eigenvalue weighted by Crippen LogP contribution is -2.28. The van der Waals surface area contributed by atoms with Crippen molar-refractivity contribution in [1.82, 2.24) is 4.57 Å². The van der Waals surface area contributed by atoms with E-state index in [4.69, 9.17) is 5.26 Å². The molecule has 0 atom stereocenters. The van der Waals surface area contributed by atoms with Crippen molar-refractivity contribution in [3.63, 3.8) is 0 Å². The number of nitrogens with zero attached hydrogens (tertiary/aromatic N) is 2. The Bertz CT molecular complexity index is 533. The maximum atomic E-state index is 12.3. The second-order valence-electron chi connectivity index (χ2n) is 5.09. The summed E-state index contributed by atoms with van der Waals surface area (Å²) in [6.45, 7) is 5.09. The molecule has 0 unspecified atom stereocenters. The van der Waals surface area contributed by atoms with Crippen LogP contribution in [0, 0.1) is 17.2 Å². The average molecular weight is 244 g/mol. The van der Waals surface area contributed by atoms with E-state index in [9.17, 15) is 4.79 Å². The molecule has 96 valence electrons. The highest BCUT2D eigenvalue weighted by Gasteiger charge is 2.20. The molecular weight excluding hydrogens is 224 g/mol. The molecule has 1 aromatic heterocycles. The standard InChI is InChI=1S/C15H20N2O/c1-3-11(4-2)10-17-14-7-5-6-12(14)8-13(9-16)15(17)18/h8,11H,3-7,10H2,1-2H3. The summed E-state index contributed by atoms with van der Waals surface area (Å²) in [7, 11) is 0. The van der Waals surface area contributed by atoms with Gasteiger partial charge in [0.2, 0.25) is 0 Å². The van der Waals surface area contributed by atoms with Gasteiger partial charge in [0.15, 0.2) is 0 Å². The van der Waals surface area contributed by atoms with E-state index in [1.807, 2.05) is 10.6 Å². The fourth-order valence-corrected chi connectivity index (χ4v) is 2.80. The van der Waals surface area contributed by atoms with E-state index in [2.05, 4.69) is 13.8 Å². The topological polar surface area (TPSA) is 45.8 Å². The summed E-state index contributed by atoms with van der Waals surface area (Å²) in [5.74, 6) is 0.529. The van der Waals surface area contributed by atoms with Gasteiger partial charge in [0.05, 0.1) is 0 Å². The van der Waals surface area contributed by atoms with Gasteiger partial charge in [-0.05, 0) is 36.8 Å². The second-order valence-corrected chi connectivity index (χ2v) is 5.09. The third-order valence-electron chi connectivity index (χ3n) is 4.07. The van der Waals surface area contributed by atoms with E-state index < -0.39 is 0 Å². The molecule has 0 saturated heterocycles. The molecule has 0 aromatic carbocycles. The number of hydrogen-bond acceptors (Lipinski definition) is 2. The molecule has 0 radical (unpaired) electrons. The van der Waals surface area contributed by atoms with Crippen molar-refractivity contribution in [2.45, 2.75) is 52.5 Å². The predicted molar refractivity (Wildman–Crippen MR) is 71.5 cm³/mol. The quantitative estimate of drug-likeness (QED) is 0.817. The minimum atomic E-state index is -0.0925. The van der Waals surface area contributed by atoms with Crippen LogP contribution in [0.1, 0.15) is 49.9 Å². The molecule has 0 saturated carbocycles. The Morgan fingerprint density at radius 2 is 2.11 bits per heavy atom. The molecular formula is C15H20N2O. The molecule has 0 amide bonds. The lowest BCUT2D eigenvalue weighted by Gasteiger charge is -2.18. The van der Waals surface area contributed by atoms with Crippen LogP contribution in [0.2, 0.25) is 0 Å². The number of aryl methyl sites for hydroxylation is 1. The predicted octanol–water partition coefficient (Wildman–Crippen LogP) is 2.64. The van der Waals surface area contributed by atoms with Crippen LogP contribution in [-0.4, -0.2) is 4.57 Å². The SMILES string of the molecule is CCC(CC)Cn1c2c(cc(C#N)c1=O)CCC2. The van der Waals surface area contributed by atoms with Crippen LogP contribution < -0.4 is 5.56 Å². The lowest BCUT2D eigenvalue weighted by molar-refractivity contribution is 0.405. The van der Waals surface area contributed by atoms with Gasteiger partial charge in [0.25, 0.3) is 5.56 Å². The first-order chi connectivity index (χ1) is 8.71. The van der Waals surface area contributed by atoms with Gasteiger partial charge in [0.1, 0.15) is 11.6 Å². The highest BCUT2D eigenvalue weighted by atomic mass is 16.1. The maximum Gasteiger partial charge on any atom is 0.268 e. The Morgan fingerprint density at radius 1 is 1.39 bits per heavy atom. The first-order valence-electron chi connectivity index (χ1n) is 6.86. The van der Waals surface area contributed by atoms with Crippen LogP contribution in [0.4, 0.5) is 0 Å². The molecule has 1 aliphatic carbocycles. The third kappa shape index (κ3) is 2.20. The Kier molecular flexibility index (Phi) is 3.86. The smallest absolute Gasteiger partial charge is 0.268 e. The number of rotatable bonds is 4. The number of hydrogen-bond donors (Lipinski definition) is 0. The Morgan fingerprint density at radius 3 is 2.72 bits per heavy atom. The van der Waals surface area contributed by atoms with E-state index in [0.717, 1.165) is 38.6 Å². The van der Waals surface area contributed by atoms with Gasteiger partial charge in [-0.1, -0.05) is 26.7 Å². The van der Waals surface area contributed by atoms with Crippen molar-refractivity contribution >= 4 is 0 Å². The van der Waals surface area contributed by atoms with Crippen LogP contribution >= 0.6 is 0 Å². The maximum absolute atomic E-state index is 12.3. The molecule has 1 aromatic rings. The van der Waals surface area contributed by atoms with E-state index in [1.165, 1.54) is 11.3 Å². The minimum absolute atomic E-state index is 0.0925. The van der Waals surface area contributed by atoms with Crippen molar-refractivity contribution in [3.05, 3.63) is 33.2 Å². The Hall–Kier alpha value is -1.56. The highest BCUT2D eigenvalue weighted by molar-refractivity contribution is 5.36. The fraction of sp³-hybridized carbons (Fsp3) is 0.600. The van der Waals surface area contributed by atoms with E-state index in [1.54, 1.807) is 6.07 Å². The second kappa shape index (κ2) is 5.39. The molecule has 0 aliphatic heterocycles. The summed E-state index contributed by atoms with van der Waals surface area (Å²) in [5, 5.41) is 9.06. The van der Waals surface area contributed by atoms with Crippen LogP contribution in [0.15, 0.2) is 10.9 Å². The first kappa shape index (κ1) is 12.9. The highest BCUT2D eigenvalue weighted by Crippen LogP contribution is 2.22. The minimum Gasteiger partial charge on any atom is -0.311 e. The third-order valence-corrected chi connectivity index (χ3v) is 4.07. The summed E-state index contributed by atoms with van der Waals surface area (Å²) >= 11 is 0. The van der Waals surface area contributed by atoms with Gasteiger partial charge < -0.3 is 4.57 Å². The van der Waals surface area contributed by atoms with E-state index >= 15 is 0 Å². The molecule has 0 bridgehead atoms. The molecule has 18 heavy (non-hydrogen) atoms. The zero-order valence-electron chi connectivity index (χ0n) is 11.2. The van der Waals surface area contributed by atoms with Gasteiger partial charge in [-0.15, -0.1) is 0 Å². The molecule has 3 heteroatoms. The molecule has 2 rings (SSSR count). The lowest BCUT2D eigenvalue weighted by atomic mass is 10.0. The van der Waals surface area contributed by atoms with Crippen LogP contribution in [0.3, 0.4) is 0 Å². The first-order valence-corrected chi connectivity index (χ1v) is 6.86. The van der Waals surface area contributed by atoms with Crippen LogP contribution in [-0.2, 0) is 19.4 Å². The summed E-state index contributed by atoms with van der Waals surface area (Å²) < 4.78 is 1.87. The van der Waals surface area contributed by atoms with E-state index in [-0.39, 0.29) is 5.56 Å². The molecule has 0 N–H and O–H groups in total. The largest absolute Gasteiger partial charge is 0.311 e. The van der Waals surface area contributed by atoms with Gasteiger partial charge in [-0.2, -0.15) is 5.26 Å². The van der Waals surface area contributed by atoms with Crippen molar-refractivity contribution in [1.29, 1.82) is 5.26 Å². The number of fused-ring (bicyclic) bond motifs is 1. The van der Waals surface area contributed by atoms with Crippen LogP contribution in [0.5, 0.6) is 0 Å². The fourth-order valence-electron chi connectivity index (χ4n) is 2.80. The monoisotopic (exact) mass is 244 g/mol. The normalized spacial score (nSPS) is 13.7. The van der Waals surface area contributed by atoms with Crippen molar-refractivity contribution in [3.8, 4) is 6.07 Å². The Balaban J connectivity index is 2.48. The summed E-state index contributed by atoms with van der Waals surface area (Å²) in [6.07, 6.45) is 5.25. The Labute approximate surface area is 108 Å². The molecule has 0 fully saturated rings. The van der Waals surface area contributed by atoms with Gasteiger partial charge in [-0.3, -0.25) is 4.79 Å². The van der Waals surface area contributed by atoms with Crippen molar-refractivity contribution in [2.24, 2.45) is 5.92 Å². The summed E-state index contributed by atoms with van der Waals surface area (Å²) in [5.41, 5.74) is 2.59. The molecule has 1 aliphatic rings. The number of pyridine rings is 1. The number of nitriles is 1. The zero-order chi connectivity index (χ0) is 13.1.